The standard InChI is InChI=1S/C11H10F3IN2O2/c12-11(13,14)9-4-8(1-2-16-9)17-5-7(6-17)3-10(18)19-15/h1-2,4,7H,3,5-6H2. The van der Waals surface area contributed by atoms with Crippen molar-refractivity contribution < 1.29 is 21.0 Å². The summed E-state index contributed by atoms with van der Waals surface area (Å²) in [6, 6.07) is 2.55. The van der Waals surface area contributed by atoms with Crippen molar-refractivity contribution in [1.29, 1.82) is 0 Å². The Kier molecular flexibility index (Phi) is 4.16. The summed E-state index contributed by atoms with van der Waals surface area (Å²) in [6.45, 7) is 1.10. The number of aromatic nitrogens is 1. The van der Waals surface area contributed by atoms with Gasteiger partial charge in [0, 0.05) is 30.9 Å². The lowest BCUT2D eigenvalue weighted by Gasteiger charge is -2.40. The Labute approximate surface area is 121 Å². The molecule has 0 bridgehead atoms. The van der Waals surface area contributed by atoms with Crippen molar-refractivity contribution in [3.63, 3.8) is 0 Å². The van der Waals surface area contributed by atoms with Crippen LogP contribution in [0.15, 0.2) is 18.3 Å². The van der Waals surface area contributed by atoms with Gasteiger partial charge in [-0.3, -0.25) is 9.78 Å². The molecular formula is C11H10F3IN2O2. The maximum Gasteiger partial charge on any atom is 0.433 e. The van der Waals surface area contributed by atoms with Crippen LogP contribution in [0.5, 0.6) is 0 Å². The van der Waals surface area contributed by atoms with Gasteiger partial charge in [0.15, 0.2) is 23.0 Å². The second-order valence-electron chi connectivity index (χ2n) is 4.32. The number of carbonyl (C=O) groups is 1. The maximum absolute atomic E-state index is 12.5. The first-order chi connectivity index (χ1) is 8.90. The molecule has 0 aromatic carbocycles. The van der Waals surface area contributed by atoms with Gasteiger partial charge in [-0.2, -0.15) is 13.2 Å². The van der Waals surface area contributed by atoms with E-state index in [1.54, 1.807) is 4.90 Å². The van der Waals surface area contributed by atoms with Crippen LogP contribution in [-0.4, -0.2) is 24.0 Å². The number of alkyl halides is 3. The first kappa shape index (κ1) is 14.4. The average Bonchev–Trinajstić information content (AvgIpc) is 2.32. The first-order valence-corrected chi connectivity index (χ1v) is 6.38. The third kappa shape index (κ3) is 3.48. The molecule has 19 heavy (non-hydrogen) atoms. The van der Waals surface area contributed by atoms with E-state index in [1.807, 2.05) is 0 Å². The predicted molar refractivity (Wildman–Crippen MR) is 69.7 cm³/mol. The van der Waals surface area contributed by atoms with Crippen LogP contribution in [0.4, 0.5) is 18.9 Å². The molecule has 1 aliphatic rings. The van der Waals surface area contributed by atoms with Crippen LogP contribution in [0, 0.1) is 5.92 Å². The van der Waals surface area contributed by atoms with Crippen molar-refractivity contribution in [2.75, 3.05) is 18.0 Å². The SMILES string of the molecule is O=C(CC1CN(c2ccnc(C(F)(F)F)c2)C1)OI. The van der Waals surface area contributed by atoms with Crippen LogP contribution in [0.1, 0.15) is 12.1 Å². The lowest BCUT2D eigenvalue weighted by Crippen LogP contribution is -2.47. The number of pyridine rings is 1. The number of carbonyl (C=O) groups excluding carboxylic acids is 1. The normalized spacial score (nSPS) is 16.1. The molecular weight excluding hydrogens is 376 g/mol. The Morgan fingerprint density at radius 3 is 2.79 bits per heavy atom. The van der Waals surface area contributed by atoms with Crippen molar-refractivity contribution in [2.24, 2.45) is 5.92 Å². The Morgan fingerprint density at radius 1 is 1.53 bits per heavy atom. The molecule has 0 radical (unpaired) electrons. The van der Waals surface area contributed by atoms with Crippen LogP contribution in [0.3, 0.4) is 0 Å². The van der Waals surface area contributed by atoms with Gasteiger partial charge in [0.1, 0.15) is 5.69 Å². The molecule has 2 rings (SSSR count). The third-order valence-corrected chi connectivity index (χ3v) is 3.39. The summed E-state index contributed by atoms with van der Waals surface area (Å²) in [5.74, 6) is -0.180. The number of rotatable bonds is 3. The largest absolute Gasteiger partial charge is 0.433 e. The Bertz CT molecular complexity index is 475. The minimum Gasteiger partial charge on any atom is -0.394 e. The van der Waals surface area contributed by atoms with Crippen LogP contribution in [-0.2, 0) is 14.0 Å². The van der Waals surface area contributed by atoms with Crippen molar-refractivity contribution in [3.8, 4) is 0 Å². The van der Waals surface area contributed by atoms with Crippen LogP contribution in [0.2, 0.25) is 0 Å². The quantitative estimate of drug-likeness (QED) is 0.750. The fourth-order valence-corrected chi connectivity index (χ4v) is 2.13. The van der Waals surface area contributed by atoms with Gasteiger partial charge in [-0.1, -0.05) is 0 Å². The van der Waals surface area contributed by atoms with E-state index >= 15 is 0 Å². The van der Waals surface area contributed by atoms with E-state index in [4.69, 9.17) is 0 Å². The summed E-state index contributed by atoms with van der Waals surface area (Å²) in [5.41, 5.74) is -0.429. The highest BCUT2D eigenvalue weighted by Crippen LogP contribution is 2.32. The minimum absolute atomic E-state index is 0.129. The summed E-state index contributed by atoms with van der Waals surface area (Å²) >= 11 is 1.52. The van der Waals surface area contributed by atoms with Gasteiger partial charge in [0.25, 0.3) is 0 Å². The fraction of sp³-hybridized carbons (Fsp3) is 0.455. The summed E-state index contributed by atoms with van der Waals surface area (Å²) < 4.78 is 42.0. The fourth-order valence-electron chi connectivity index (χ4n) is 1.95. The van der Waals surface area contributed by atoms with Gasteiger partial charge < -0.3 is 7.97 Å². The second kappa shape index (κ2) is 5.51. The van der Waals surface area contributed by atoms with Crippen molar-refractivity contribution in [1.82, 2.24) is 4.98 Å². The first-order valence-electron chi connectivity index (χ1n) is 5.50. The summed E-state index contributed by atoms with van der Waals surface area (Å²) in [5, 5.41) is 0. The zero-order valence-corrected chi connectivity index (χ0v) is 11.8. The molecule has 0 atom stereocenters. The molecule has 1 aromatic rings. The zero-order valence-electron chi connectivity index (χ0n) is 9.65. The van der Waals surface area contributed by atoms with E-state index in [0.717, 1.165) is 12.3 Å². The monoisotopic (exact) mass is 386 g/mol. The van der Waals surface area contributed by atoms with E-state index in [-0.39, 0.29) is 18.3 Å². The van der Waals surface area contributed by atoms with E-state index < -0.39 is 11.9 Å². The van der Waals surface area contributed by atoms with Gasteiger partial charge in [-0.25, -0.2) is 0 Å². The number of hydrogen-bond donors (Lipinski definition) is 0. The topological polar surface area (TPSA) is 42.4 Å². The molecule has 0 aliphatic carbocycles. The maximum atomic E-state index is 12.5. The van der Waals surface area contributed by atoms with Crippen LogP contribution < -0.4 is 4.90 Å². The van der Waals surface area contributed by atoms with Gasteiger partial charge in [-0.05, 0) is 12.1 Å². The molecule has 4 nitrogen and oxygen atoms in total. The highest BCUT2D eigenvalue weighted by molar-refractivity contribution is 14.1. The van der Waals surface area contributed by atoms with E-state index in [9.17, 15) is 18.0 Å². The summed E-state index contributed by atoms with van der Waals surface area (Å²) in [6.07, 6.45) is -3.01. The lowest BCUT2D eigenvalue weighted by molar-refractivity contribution is -0.141. The molecule has 1 fully saturated rings. The molecule has 2 heterocycles. The Balaban J connectivity index is 1.97. The van der Waals surface area contributed by atoms with Crippen molar-refractivity contribution >= 4 is 34.7 Å². The Hall–Kier alpha value is -1.06. The van der Waals surface area contributed by atoms with E-state index in [0.29, 0.717) is 18.8 Å². The van der Waals surface area contributed by atoms with Crippen LogP contribution in [0.25, 0.3) is 0 Å². The molecule has 1 saturated heterocycles. The molecule has 0 N–H and O–H groups in total. The zero-order chi connectivity index (χ0) is 14.0. The van der Waals surface area contributed by atoms with Gasteiger partial charge in [0.05, 0.1) is 6.42 Å². The number of anilines is 1. The third-order valence-electron chi connectivity index (χ3n) is 2.90. The van der Waals surface area contributed by atoms with Crippen LogP contribution >= 0.6 is 23.0 Å². The van der Waals surface area contributed by atoms with E-state index in [2.05, 4.69) is 8.05 Å². The minimum atomic E-state index is -4.44. The number of nitrogens with zero attached hydrogens (tertiary/aromatic N) is 2. The molecule has 1 aliphatic heterocycles. The molecule has 0 unspecified atom stereocenters. The Morgan fingerprint density at radius 2 is 2.21 bits per heavy atom. The molecule has 0 spiro atoms. The lowest BCUT2D eigenvalue weighted by atomic mass is 9.96. The summed E-state index contributed by atoms with van der Waals surface area (Å²) in [7, 11) is 0. The van der Waals surface area contributed by atoms with Gasteiger partial charge in [-0.15, -0.1) is 0 Å². The molecule has 0 saturated carbocycles. The highest BCUT2D eigenvalue weighted by Gasteiger charge is 2.34. The second-order valence-corrected chi connectivity index (χ2v) is 4.76. The number of hydrogen-bond acceptors (Lipinski definition) is 4. The van der Waals surface area contributed by atoms with Crippen molar-refractivity contribution in [2.45, 2.75) is 12.6 Å². The smallest absolute Gasteiger partial charge is 0.394 e. The molecule has 104 valence electrons. The van der Waals surface area contributed by atoms with Gasteiger partial charge in [0.2, 0.25) is 0 Å². The van der Waals surface area contributed by atoms with E-state index in [1.165, 1.54) is 29.1 Å². The van der Waals surface area contributed by atoms with Crippen molar-refractivity contribution in [3.05, 3.63) is 24.0 Å². The molecule has 0 amide bonds. The summed E-state index contributed by atoms with van der Waals surface area (Å²) in [4.78, 5) is 16.1. The predicted octanol–water partition coefficient (Wildman–Crippen LogP) is 2.82. The van der Waals surface area contributed by atoms with Gasteiger partial charge >= 0.3 is 12.1 Å². The number of halogens is 4. The average molecular weight is 386 g/mol. The highest BCUT2D eigenvalue weighted by atomic mass is 127. The molecule has 1 aromatic heterocycles. The molecule has 8 heteroatoms.